The number of nitrogens with one attached hydrogen (secondary N) is 3. The van der Waals surface area contributed by atoms with Gasteiger partial charge >= 0.3 is 0 Å². The van der Waals surface area contributed by atoms with Gasteiger partial charge in [0.2, 0.25) is 17.7 Å². The number of hydrogen-bond donors (Lipinski definition) is 34. The van der Waals surface area contributed by atoms with E-state index in [0.717, 1.165) is 20.8 Å². The average molecular weight is 2020 g/mol. The zero-order valence-electron chi connectivity index (χ0n) is 74.8. The van der Waals surface area contributed by atoms with Gasteiger partial charge in [0.05, 0.1) is 77.3 Å². The van der Waals surface area contributed by atoms with Crippen LogP contribution in [-0.4, -0.2) is 597 Å². The Morgan fingerprint density at radius 2 is 0.442 bits per heavy atom. The van der Waals surface area contributed by atoms with Gasteiger partial charge in [-0.25, -0.2) is 0 Å². The normalized spacial score (nSPS) is 52.1. The first-order chi connectivity index (χ1) is 65.2. The highest BCUT2D eigenvalue weighted by Crippen LogP contribution is 2.44. The van der Waals surface area contributed by atoms with Crippen molar-refractivity contribution in [2.24, 2.45) is 0 Å². The van der Waals surface area contributed by atoms with Crippen molar-refractivity contribution in [1.29, 1.82) is 0 Å². The predicted molar refractivity (Wildman–Crippen MR) is 424 cm³/mol. The summed E-state index contributed by atoms with van der Waals surface area (Å²) < 4.78 is 140. The molecule has 12 saturated heterocycles. The number of hydrogen-bond acceptors (Lipinski definition) is 57. The van der Waals surface area contributed by atoms with E-state index in [1.165, 1.54) is 27.7 Å². The van der Waals surface area contributed by atoms with E-state index in [-0.39, 0.29) is 0 Å². The van der Waals surface area contributed by atoms with Gasteiger partial charge in [0, 0.05) is 20.8 Å². The maximum atomic E-state index is 13.9. The largest absolute Gasteiger partial charge is 0.394 e. The number of amides is 3. The summed E-state index contributed by atoms with van der Waals surface area (Å²) in [6.07, 6.45) is -120. The lowest BCUT2D eigenvalue weighted by molar-refractivity contribution is -0.402. The summed E-state index contributed by atoms with van der Waals surface area (Å²) >= 11 is 0. The van der Waals surface area contributed by atoms with E-state index in [4.69, 9.17) is 109 Å². The maximum absolute atomic E-state index is 13.9. The number of aliphatic hydroxyl groups excluding tert-OH is 31. The van der Waals surface area contributed by atoms with Gasteiger partial charge in [0.15, 0.2) is 75.5 Å². The number of carbonyl (C=O) groups excluding carboxylic acids is 3. The molecular formula is C78H131N3O57. The maximum Gasteiger partial charge on any atom is 0.217 e. The Balaban J connectivity index is 0.881. The molecule has 3 amide bonds. The third-order valence-electron chi connectivity index (χ3n) is 26.1. The van der Waals surface area contributed by atoms with Gasteiger partial charge < -0.3 is 283 Å². The van der Waals surface area contributed by atoms with Gasteiger partial charge in [-0.3, -0.25) is 14.4 Å². The summed E-state index contributed by atoms with van der Waals surface area (Å²) in [4.78, 5) is 41.1. The number of aliphatic hydroxyl groups is 31. The standard InChI is InChI=1S/C78H131N3O57/c1-16-34(92)43(101)51(109)71(117-16)130-59-29(14-88)127-70(33(81-22(7)91)62(59)134-78-66(48(106)39(97)24(9-83)125-78)138-74-54(112)46(104)37(95)19(4)120-74)136-64-42(100)30(128-76(56(64)114)129-57-27(12-86)121-67(115)50(108)49(57)107)15-116-68-32(80-21(6)90)61(133-72-52(110)44(102)35(93)17(2)118-72)58(28(13-87)126-68)131-75-55(113)63(41(99)26(11-85)123-75)135-69-31(79-20(5)89)60(40(98)25(10-84)122-69)132-77-65(47(105)38(96)23(8-82)124-77)137-73-53(111)45(103)36(94)18(3)119-73/h16-19,23-78,82-88,92-115H,8-15H2,1-7H3,(H,79,89)(H,80,90)(H,81,91)/t16-,17-,18-,19-,23+,24+,25+,26+,27+,28+,29+,30+,31+,32+,33+,34+,35+,36+,37+,38-,39-,40+,41-,42-,43+,44+,45+,46+,47-,48-,49+,50+,51-,52-,53-,54-,55+,56+,57+,58+,59+,60+,61+,62+,63-,64-,65+,66+,67-,68+,69-,70-,71-,72-,73-,74-,75-,76-,77-,78-/m0/s1. The zero-order valence-corrected chi connectivity index (χ0v) is 74.8. The van der Waals surface area contributed by atoms with Crippen molar-refractivity contribution in [3.63, 3.8) is 0 Å². The molecule has 0 radical (unpaired) electrons. The van der Waals surface area contributed by atoms with Gasteiger partial charge in [-0.15, -0.1) is 0 Å². The predicted octanol–water partition coefficient (Wildman–Crippen LogP) is -22.6. The fourth-order valence-electron chi connectivity index (χ4n) is 18.3. The fraction of sp³-hybridized carbons (Fsp3) is 0.962. The lowest BCUT2D eigenvalue weighted by atomic mass is 9.93. The summed E-state index contributed by atoms with van der Waals surface area (Å²) in [5.74, 6) is -3.15. The number of rotatable bonds is 33. The van der Waals surface area contributed by atoms with Gasteiger partial charge in [-0.1, -0.05) is 0 Å². The van der Waals surface area contributed by atoms with Crippen molar-refractivity contribution in [1.82, 2.24) is 16.0 Å². The van der Waals surface area contributed by atoms with Gasteiger partial charge in [-0.2, -0.15) is 0 Å². The lowest BCUT2D eigenvalue weighted by Crippen LogP contribution is -2.72. The van der Waals surface area contributed by atoms with Crippen LogP contribution in [0.2, 0.25) is 0 Å². The molecule has 12 rings (SSSR count). The molecule has 12 aliphatic heterocycles. The van der Waals surface area contributed by atoms with E-state index in [1.807, 2.05) is 0 Å². The molecule has 800 valence electrons. The topological polar surface area (TPSA) is 927 Å². The van der Waals surface area contributed by atoms with Crippen molar-refractivity contribution in [3.8, 4) is 0 Å². The first kappa shape index (κ1) is 113. The summed E-state index contributed by atoms with van der Waals surface area (Å²) in [6, 6.07) is -6.29. The van der Waals surface area contributed by atoms with Crippen LogP contribution in [0.4, 0.5) is 0 Å². The zero-order chi connectivity index (χ0) is 101. The van der Waals surface area contributed by atoms with Crippen molar-refractivity contribution in [3.05, 3.63) is 0 Å². The monoisotopic (exact) mass is 2020 g/mol. The molecule has 0 aromatic carbocycles. The minimum atomic E-state index is -2.60. The highest BCUT2D eigenvalue weighted by atomic mass is 16.8. The summed E-state index contributed by atoms with van der Waals surface area (Å²) in [7, 11) is 0. The van der Waals surface area contributed by atoms with E-state index < -0.39 is 439 Å². The second-order valence-electron chi connectivity index (χ2n) is 35.8. The fourth-order valence-corrected chi connectivity index (χ4v) is 18.3. The molecule has 0 bridgehead atoms. The Kier molecular flexibility index (Phi) is 39.7. The smallest absolute Gasteiger partial charge is 0.217 e. The van der Waals surface area contributed by atoms with Crippen molar-refractivity contribution >= 4 is 17.7 Å². The molecule has 0 aromatic rings. The van der Waals surface area contributed by atoms with Gasteiger partial charge in [-0.05, 0) is 27.7 Å². The first-order valence-corrected chi connectivity index (χ1v) is 44.6. The van der Waals surface area contributed by atoms with Crippen LogP contribution in [-0.2, 0) is 123 Å². The molecule has 0 spiro atoms. The van der Waals surface area contributed by atoms with E-state index in [9.17, 15) is 173 Å². The molecule has 12 fully saturated rings. The molecule has 0 aliphatic carbocycles. The quantitative estimate of drug-likeness (QED) is 0.0290. The minimum Gasteiger partial charge on any atom is -0.394 e. The Bertz CT molecular complexity index is 3790. The average Bonchev–Trinajstić information content (AvgIpc) is 0.757. The highest BCUT2D eigenvalue weighted by Gasteiger charge is 2.64. The molecule has 12 aliphatic rings. The van der Waals surface area contributed by atoms with E-state index in [1.54, 1.807) is 0 Å². The first-order valence-electron chi connectivity index (χ1n) is 44.6. The molecule has 60 nitrogen and oxygen atoms in total. The third kappa shape index (κ3) is 24.1. The number of ether oxygens (including phenoxy) is 23. The third-order valence-corrected chi connectivity index (χ3v) is 26.1. The second kappa shape index (κ2) is 48.5. The van der Waals surface area contributed by atoms with Crippen LogP contribution in [0.25, 0.3) is 0 Å². The lowest BCUT2D eigenvalue weighted by Gasteiger charge is -2.52. The Labute approximate surface area is 782 Å². The molecular weight excluding hydrogens is 1890 g/mol. The molecule has 12 heterocycles. The van der Waals surface area contributed by atoms with Crippen molar-refractivity contribution in [2.75, 3.05) is 52.9 Å². The van der Waals surface area contributed by atoms with Crippen LogP contribution >= 0.6 is 0 Å². The molecule has 34 N–H and O–H groups in total. The van der Waals surface area contributed by atoms with Crippen LogP contribution < -0.4 is 16.0 Å². The van der Waals surface area contributed by atoms with Crippen LogP contribution in [0, 0.1) is 0 Å². The Hall–Kier alpha value is -3.75. The van der Waals surface area contributed by atoms with E-state index in [2.05, 4.69) is 16.0 Å². The van der Waals surface area contributed by atoms with Crippen LogP contribution in [0.15, 0.2) is 0 Å². The van der Waals surface area contributed by atoms with E-state index in [0.29, 0.717) is 0 Å². The van der Waals surface area contributed by atoms with Crippen LogP contribution in [0.1, 0.15) is 48.5 Å². The number of carbonyl (C=O) groups is 3. The van der Waals surface area contributed by atoms with Crippen LogP contribution in [0.3, 0.4) is 0 Å². The van der Waals surface area contributed by atoms with Crippen molar-refractivity contribution < 1.29 is 282 Å². The molecule has 0 saturated carbocycles. The minimum absolute atomic E-state index is 0.879. The summed E-state index contributed by atoms with van der Waals surface area (Å²) in [5, 5.41) is 357. The van der Waals surface area contributed by atoms with Gasteiger partial charge in [0.25, 0.3) is 0 Å². The molecule has 60 atom stereocenters. The van der Waals surface area contributed by atoms with Crippen LogP contribution in [0.5, 0.6) is 0 Å². The Morgan fingerprint density at radius 1 is 0.203 bits per heavy atom. The van der Waals surface area contributed by atoms with Gasteiger partial charge in [0.1, 0.15) is 268 Å². The van der Waals surface area contributed by atoms with E-state index >= 15 is 0 Å². The Morgan fingerprint density at radius 3 is 0.804 bits per heavy atom. The highest BCUT2D eigenvalue weighted by molar-refractivity contribution is 5.74. The second-order valence-corrected chi connectivity index (χ2v) is 35.8. The molecule has 138 heavy (non-hydrogen) atoms. The molecule has 60 heteroatoms. The molecule has 0 unspecified atom stereocenters. The van der Waals surface area contributed by atoms with Crippen molar-refractivity contribution in [2.45, 2.75) is 417 Å². The SMILES string of the molecule is CC(=O)N[C@H]1[C@H](O[C@H]2[C@@H](O)[C@@H](CO[C@@H]3O[C@H](CO)[C@@H](O[C@@H]4O[C@H](CO)[C@H](O)[C@H](O[C@@H]5O[C@H](CO)[C@@H](O)[C@H](O[C@@H]6O[C@H](CO)[C@H](O)[C@H](O)[C@H]6O[C@@H]6O[C@@H](C)[C@@H](O)[C@@H](O)[C@@H]6O)[C@H]5NC(C)=O)[C@H]4O)[C@H](O[C@@H]4O[C@@H](C)[C@@H](O)[C@@H](O)[C@@H]4O)[C@H]3NC(C)=O)O[C@@H](O[C@H]3[C@H](O)[C@@H](O)[C@@H](O)O[C@@H]3CO)[C@@H]2O)O[C@H](CO)[C@@H](O[C@@H]2O[C@@H](C)[C@@H](O)[C@@H](O)[C@@H]2O)[C@@H]1O[C@@H]1O[C@H](CO)[C@H](O)[C@H](O)[C@H]1O[C@@H]1O[C@@H](C)[C@@H](O)[C@@H](O)[C@@H]1O. The molecule has 0 aromatic heterocycles. The summed E-state index contributed by atoms with van der Waals surface area (Å²) in [6.45, 7) is -2.07. The summed E-state index contributed by atoms with van der Waals surface area (Å²) in [5.41, 5.74) is 0.